The Morgan fingerprint density at radius 3 is 2.73 bits per heavy atom. The molecule has 0 spiro atoms. The molecule has 2 aliphatic carbocycles. The van der Waals surface area contributed by atoms with Gasteiger partial charge in [0, 0.05) is 0 Å². The average molecular weight is 449 g/mol. The molecular formula is C28H30F2N2O. The van der Waals surface area contributed by atoms with Gasteiger partial charge in [-0.15, -0.1) is 0 Å². The lowest BCUT2D eigenvalue weighted by Crippen LogP contribution is -2.38. The highest BCUT2D eigenvalue weighted by atomic mass is 19.2. The molecule has 2 atom stereocenters. The molecule has 3 nitrogen and oxygen atoms in total. The van der Waals surface area contributed by atoms with E-state index < -0.39 is 11.6 Å². The van der Waals surface area contributed by atoms with Crippen molar-refractivity contribution in [2.45, 2.75) is 52.9 Å². The van der Waals surface area contributed by atoms with Crippen LogP contribution in [-0.4, -0.2) is 16.4 Å². The number of hydrogen-bond donors (Lipinski definition) is 0. The molecule has 5 heteroatoms. The van der Waals surface area contributed by atoms with Crippen LogP contribution in [0.5, 0.6) is 5.75 Å². The summed E-state index contributed by atoms with van der Waals surface area (Å²) in [4.78, 5) is 0. The first-order valence-corrected chi connectivity index (χ1v) is 11.8. The molecule has 0 amide bonds. The second-order valence-corrected chi connectivity index (χ2v) is 9.68. The molecule has 3 aromatic rings. The number of benzene rings is 2. The molecule has 2 unspecified atom stereocenters. The van der Waals surface area contributed by atoms with Crippen LogP contribution < -0.4 is 4.74 Å². The van der Waals surface area contributed by atoms with E-state index in [1.165, 1.54) is 28.5 Å². The fourth-order valence-electron chi connectivity index (χ4n) is 5.64. The van der Waals surface area contributed by atoms with E-state index in [0.29, 0.717) is 18.9 Å². The SMILES string of the molecule is CCOc1cc(CC2CCCC3=Cc4c(cnn4-c4ccc(C)cc4)CC32C)cc(F)c1F. The molecular weight excluding hydrogens is 418 g/mol. The van der Waals surface area contributed by atoms with Crippen LogP contribution in [0.15, 0.2) is 48.2 Å². The number of nitrogens with zero attached hydrogens (tertiary/aromatic N) is 2. The number of aromatic nitrogens is 2. The number of aryl methyl sites for hydroxylation is 1. The molecule has 0 saturated heterocycles. The van der Waals surface area contributed by atoms with Crippen LogP contribution in [0.2, 0.25) is 0 Å². The van der Waals surface area contributed by atoms with Gasteiger partial charge >= 0.3 is 0 Å². The summed E-state index contributed by atoms with van der Waals surface area (Å²) in [6, 6.07) is 11.4. The Kier molecular flexibility index (Phi) is 5.59. The average Bonchev–Trinajstić information content (AvgIpc) is 3.19. The molecule has 1 heterocycles. The van der Waals surface area contributed by atoms with Crippen molar-refractivity contribution in [3.63, 3.8) is 0 Å². The van der Waals surface area contributed by atoms with Gasteiger partial charge in [0.2, 0.25) is 5.82 Å². The predicted molar refractivity (Wildman–Crippen MR) is 127 cm³/mol. The standard InChI is InChI=1S/C28H30F2N2O/c1-4-33-26-14-19(13-24(29)27(26)30)12-21-6-5-7-22-15-25-20(16-28(21,22)3)17-31-32(25)23-10-8-18(2)9-11-23/h8-11,13-15,17,21H,4-7,12,16H2,1-3H3. The second-order valence-electron chi connectivity index (χ2n) is 9.68. The van der Waals surface area contributed by atoms with Gasteiger partial charge < -0.3 is 4.74 Å². The lowest BCUT2D eigenvalue weighted by atomic mass is 9.58. The Hall–Kier alpha value is -2.95. The Bertz CT molecular complexity index is 1210. The zero-order chi connectivity index (χ0) is 23.2. The van der Waals surface area contributed by atoms with Gasteiger partial charge in [0.1, 0.15) is 0 Å². The van der Waals surface area contributed by atoms with E-state index in [1.807, 2.05) is 10.9 Å². The highest BCUT2D eigenvalue weighted by Gasteiger charge is 2.43. The molecule has 1 saturated carbocycles. The molecule has 2 aliphatic rings. The molecule has 0 aliphatic heterocycles. The van der Waals surface area contributed by atoms with Crippen molar-refractivity contribution < 1.29 is 13.5 Å². The monoisotopic (exact) mass is 448 g/mol. The molecule has 2 aromatic carbocycles. The Morgan fingerprint density at radius 1 is 1.18 bits per heavy atom. The van der Waals surface area contributed by atoms with E-state index in [9.17, 15) is 8.78 Å². The first-order chi connectivity index (χ1) is 15.9. The number of ether oxygens (including phenoxy) is 1. The van der Waals surface area contributed by atoms with Gasteiger partial charge in [0.05, 0.1) is 24.2 Å². The van der Waals surface area contributed by atoms with Crippen molar-refractivity contribution in [3.8, 4) is 11.4 Å². The van der Waals surface area contributed by atoms with Crippen molar-refractivity contribution in [2.75, 3.05) is 6.61 Å². The molecule has 0 radical (unpaired) electrons. The number of allylic oxidation sites excluding steroid dienone is 1. The molecule has 0 N–H and O–H groups in total. The van der Waals surface area contributed by atoms with Crippen LogP contribution in [0.25, 0.3) is 11.8 Å². The smallest absolute Gasteiger partial charge is 0.200 e. The van der Waals surface area contributed by atoms with Crippen LogP contribution in [-0.2, 0) is 12.8 Å². The van der Waals surface area contributed by atoms with Crippen molar-refractivity contribution in [1.29, 1.82) is 0 Å². The quantitative estimate of drug-likeness (QED) is 0.427. The summed E-state index contributed by atoms with van der Waals surface area (Å²) in [5.41, 5.74) is 6.92. The summed E-state index contributed by atoms with van der Waals surface area (Å²) < 4.78 is 35.7. The van der Waals surface area contributed by atoms with E-state index in [-0.39, 0.29) is 11.2 Å². The first kappa shape index (κ1) is 21.9. The molecule has 1 aromatic heterocycles. The van der Waals surface area contributed by atoms with Crippen LogP contribution in [0.1, 0.15) is 55.5 Å². The molecule has 172 valence electrons. The highest BCUT2D eigenvalue weighted by molar-refractivity contribution is 5.61. The molecule has 1 fully saturated rings. The minimum absolute atomic E-state index is 0.00883. The zero-order valence-electron chi connectivity index (χ0n) is 19.5. The van der Waals surface area contributed by atoms with E-state index in [0.717, 1.165) is 36.9 Å². The van der Waals surface area contributed by atoms with Gasteiger partial charge in [-0.2, -0.15) is 9.49 Å². The Balaban J connectivity index is 1.46. The predicted octanol–water partition coefficient (Wildman–Crippen LogP) is 6.85. The summed E-state index contributed by atoms with van der Waals surface area (Å²) in [5, 5.41) is 4.71. The van der Waals surface area contributed by atoms with Gasteiger partial charge in [-0.05, 0) is 98.8 Å². The maximum absolute atomic E-state index is 14.3. The fraction of sp³-hybridized carbons (Fsp3) is 0.393. The van der Waals surface area contributed by atoms with E-state index in [4.69, 9.17) is 9.84 Å². The molecule has 5 rings (SSSR count). The summed E-state index contributed by atoms with van der Waals surface area (Å²) in [5.74, 6) is -1.39. The molecule has 33 heavy (non-hydrogen) atoms. The Morgan fingerprint density at radius 2 is 1.97 bits per heavy atom. The maximum Gasteiger partial charge on any atom is 0.200 e. The lowest BCUT2D eigenvalue weighted by Gasteiger charge is -2.46. The minimum atomic E-state index is -0.901. The van der Waals surface area contributed by atoms with Gasteiger partial charge in [0.15, 0.2) is 11.6 Å². The summed E-state index contributed by atoms with van der Waals surface area (Å²) in [7, 11) is 0. The molecule has 0 bridgehead atoms. The van der Waals surface area contributed by atoms with Crippen molar-refractivity contribution in [3.05, 3.63) is 82.2 Å². The third-order valence-corrected chi connectivity index (χ3v) is 7.50. The normalized spacial score (nSPS) is 21.8. The summed E-state index contributed by atoms with van der Waals surface area (Å²) >= 11 is 0. The maximum atomic E-state index is 14.3. The van der Waals surface area contributed by atoms with Gasteiger partial charge in [-0.1, -0.05) is 30.2 Å². The van der Waals surface area contributed by atoms with E-state index in [1.54, 1.807) is 13.0 Å². The zero-order valence-corrected chi connectivity index (χ0v) is 19.5. The van der Waals surface area contributed by atoms with E-state index in [2.05, 4.69) is 44.2 Å². The van der Waals surface area contributed by atoms with Crippen molar-refractivity contribution in [1.82, 2.24) is 9.78 Å². The third-order valence-electron chi connectivity index (χ3n) is 7.50. The summed E-state index contributed by atoms with van der Waals surface area (Å²) in [6.45, 7) is 6.50. The number of hydrogen-bond acceptors (Lipinski definition) is 2. The van der Waals surface area contributed by atoms with Crippen LogP contribution >= 0.6 is 0 Å². The Labute approximate surface area is 194 Å². The topological polar surface area (TPSA) is 27.1 Å². The van der Waals surface area contributed by atoms with Gasteiger partial charge in [-0.25, -0.2) is 9.07 Å². The number of halogens is 2. The summed E-state index contributed by atoms with van der Waals surface area (Å²) in [6.07, 6.45) is 9.16. The van der Waals surface area contributed by atoms with Crippen molar-refractivity contribution in [2.24, 2.45) is 11.3 Å². The lowest BCUT2D eigenvalue weighted by molar-refractivity contribution is 0.179. The second kappa shape index (κ2) is 8.44. The van der Waals surface area contributed by atoms with Crippen LogP contribution in [0.4, 0.5) is 8.78 Å². The third kappa shape index (κ3) is 3.88. The van der Waals surface area contributed by atoms with E-state index >= 15 is 0 Å². The minimum Gasteiger partial charge on any atom is -0.491 e. The van der Waals surface area contributed by atoms with Gasteiger partial charge in [0.25, 0.3) is 0 Å². The van der Waals surface area contributed by atoms with Crippen LogP contribution in [0, 0.1) is 29.9 Å². The van der Waals surface area contributed by atoms with Crippen molar-refractivity contribution >= 4 is 6.08 Å². The fourth-order valence-corrected chi connectivity index (χ4v) is 5.64. The largest absolute Gasteiger partial charge is 0.491 e. The van der Waals surface area contributed by atoms with Crippen LogP contribution in [0.3, 0.4) is 0 Å². The first-order valence-electron chi connectivity index (χ1n) is 11.8. The number of rotatable bonds is 5. The number of fused-ring (bicyclic) bond motifs is 2. The highest BCUT2D eigenvalue weighted by Crippen LogP contribution is 2.52. The van der Waals surface area contributed by atoms with Gasteiger partial charge in [-0.3, -0.25) is 0 Å².